The van der Waals surface area contributed by atoms with E-state index in [0.29, 0.717) is 5.69 Å². The highest BCUT2D eigenvalue weighted by atomic mass is 19.1. The molecule has 1 aromatic heterocycles. The Labute approximate surface area is 132 Å². The first-order valence-electron chi connectivity index (χ1n) is 7.47. The third-order valence-corrected chi connectivity index (χ3v) is 4.10. The summed E-state index contributed by atoms with van der Waals surface area (Å²) in [6.07, 6.45) is 5.38. The van der Waals surface area contributed by atoms with Crippen molar-refractivity contribution in [2.24, 2.45) is 7.05 Å². The second kappa shape index (κ2) is 6.23. The summed E-state index contributed by atoms with van der Waals surface area (Å²) >= 11 is 0. The van der Waals surface area contributed by atoms with Gasteiger partial charge in [-0.15, -0.1) is 0 Å². The number of aryl methyl sites for hydroxylation is 1. The van der Waals surface area contributed by atoms with Crippen molar-refractivity contribution in [2.45, 2.75) is 18.9 Å². The predicted octanol–water partition coefficient (Wildman–Crippen LogP) is 2.55. The van der Waals surface area contributed by atoms with Gasteiger partial charge in [0, 0.05) is 44.6 Å². The number of halogens is 1. The fraction of sp³-hybridized carbons (Fsp3) is 0.400. The van der Waals surface area contributed by atoms with Crippen LogP contribution < -0.4 is 10.2 Å². The molecule has 3 rings (SSSR count). The molecule has 0 aliphatic carbocycles. The minimum atomic E-state index is -0.599. The van der Waals surface area contributed by atoms with Gasteiger partial charge in [-0.3, -0.25) is 10.1 Å². The Kier molecular flexibility index (Phi) is 4.14. The molecule has 2 heterocycles. The van der Waals surface area contributed by atoms with Gasteiger partial charge in [-0.05, 0) is 18.9 Å². The van der Waals surface area contributed by atoms with Crippen LogP contribution >= 0.6 is 0 Å². The van der Waals surface area contributed by atoms with Gasteiger partial charge in [0.15, 0.2) is 5.82 Å². The number of anilines is 2. The molecule has 1 aliphatic rings. The standard InChI is InChI=1S/C15H18FN5O2/c1-19-9-6-17-15(19)20-7-4-11(5-8-20)18-14-3-2-12(21(22)23)10-13(14)16/h2-3,6,9-11,18H,4-5,7-8H2,1H3. The van der Waals surface area contributed by atoms with Crippen LogP contribution in [0.5, 0.6) is 0 Å². The van der Waals surface area contributed by atoms with Crippen molar-refractivity contribution in [3.63, 3.8) is 0 Å². The summed E-state index contributed by atoms with van der Waals surface area (Å²) in [4.78, 5) is 16.6. The van der Waals surface area contributed by atoms with Crippen LogP contribution in [0, 0.1) is 15.9 Å². The van der Waals surface area contributed by atoms with Crippen LogP contribution in [0.25, 0.3) is 0 Å². The number of nitro groups is 1. The zero-order chi connectivity index (χ0) is 16.4. The molecule has 1 aliphatic heterocycles. The van der Waals surface area contributed by atoms with Crippen LogP contribution in [0.2, 0.25) is 0 Å². The Morgan fingerprint density at radius 2 is 2.13 bits per heavy atom. The minimum Gasteiger partial charge on any atom is -0.380 e. The zero-order valence-corrected chi connectivity index (χ0v) is 12.8. The van der Waals surface area contributed by atoms with Gasteiger partial charge in [0.2, 0.25) is 5.95 Å². The molecule has 122 valence electrons. The van der Waals surface area contributed by atoms with E-state index < -0.39 is 10.7 Å². The Morgan fingerprint density at radius 1 is 1.39 bits per heavy atom. The van der Waals surface area contributed by atoms with Gasteiger partial charge in [-0.2, -0.15) is 0 Å². The van der Waals surface area contributed by atoms with Gasteiger partial charge in [0.1, 0.15) is 0 Å². The van der Waals surface area contributed by atoms with Gasteiger partial charge in [-0.25, -0.2) is 9.37 Å². The van der Waals surface area contributed by atoms with Crippen LogP contribution in [0.3, 0.4) is 0 Å². The summed E-state index contributed by atoms with van der Waals surface area (Å²) in [5.74, 6) is 0.343. The van der Waals surface area contributed by atoms with Gasteiger partial charge >= 0.3 is 0 Å². The van der Waals surface area contributed by atoms with Crippen LogP contribution in [0.4, 0.5) is 21.7 Å². The van der Waals surface area contributed by atoms with Crippen molar-refractivity contribution in [1.82, 2.24) is 9.55 Å². The molecule has 0 amide bonds. The number of piperidine rings is 1. The van der Waals surface area contributed by atoms with E-state index in [1.54, 1.807) is 6.20 Å². The number of rotatable bonds is 4. The number of hydrogen-bond donors (Lipinski definition) is 1. The molecule has 0 bridgehead atoms. The van der Waals surface area contributed by atoms with Gasteiger partial charge in [0.05, 0.1) is 16.7 Å². The van der Waals surface area contributed by atoms with Crippen molar-refractivity contribution >= 4 is 17.3 Å². The number of benzene rings is 1. The van der Waals surface area contributed by atoms with Crippen molar-refractivity contribution in [1.29, 1.82) is 0 Å². The molecule has 2 aromatic rings. The molecule has 0 saturated carbocycles. The second-order valence-electron chi connectivity index (χ2n) is 5.67. The highest BCUT2D eigenvalue weighted by molar-refractivity contribution is 5.51. The van der Waals surface area contributed by atoms with Crippen LogP contribution in [-0.4, -0.2) is 33.6 Å². The number of non-ortho nitro benzene ring substituents is 1. The lowest BCUT2D eigenvalue weighted by atomic mass is 10.0. The Morgan fingerprint density at radius 3 is 2.70 bits per heavy atom. The molecular weight excluding hydrogens is 301 g/mol. The van der Waals surface area contributed by atoms with Gasteiger partial charge in [0.25, 0.3) is 5.69 Å². The molecule has 0 radical (unpaired) electrons. The molecule has 0 atom stereocenters. The molecule has 8 heteroatoms. The summed E-state index contributed by atoms with van der Waals surface area (Å²) in [6, 6.07) is 3.83. The Balaban J connectivity index is 1.61. The van der Waals surface area contributed by atoms with E-state index in [0.717, 1.165) is 37.9 Å². The summed E-state index contributed by atoms with van der Waals surface area (Å²) < 4.78 is 15.9. The summed E-state index contributed by atoms with van der Waals surface area (Å²) in [6.45, 7) is 1.66. The van der Waals surface area contributed by atoms with Gasteiger partial charge < -0.3 is 14.8 Å². The largest absolute Gasteiger partial charge is 0.380 e. The summed E-state index contributed by atoms with van der Waals surface area (Å²) in [7, 11) is 1.96. The number of imidazole rings is 1. The number of hydrogen-bond acceptors (Lipinski definition) is 5. The third-order valence-electron chi connectivity index (χ3n) is 4.10. The SMILES string of the molecule is Cn1ccnc1N1CCC(Nc2ccc([N+](=O)[O-])cc2F)CC1. The molecule has 0 unspecified atom stereocenters. The quantitative estimate of drug-likeness (QED) is 0.692. The minimum absolute atomic E-state index is 0.141. The zero-order valence-electron chi connectivity index (χ0n) is 12.8. The number of nitro benzene ring substituents is 1. The predicted molar refractivity (Wildman–Crippen MR) is 85.1 cm³/mol. The maximum atomic E-state index is 13.9. The first-order valence-corrected chi connectivity index (χ1v) is 7.47. The van der Waals surface area contributed by atoms with E-state index in [2.05, 4.69) is 15.2 Å². The Hall–Kier alpha value is -2.64. The van der Waals surface area contributed by atoms with Crippen LogP contribution in [0.1, 0.15) is 12.8 Å². The lowest BCUT2D eigenvalue weighted by molar-refractivity contribution is -0.385. The van der Waals surface area contributed by atoms with Crippen molar-refractivity contribution < 1.29 is 9.31 Å². The van der Waals surface area contributed by atoms with E-state index in [1.165, 1.54) is 12.1 Å². The second-order valence-corrected chi connectivity index (χ2v) is 5.67. The highest BCUT2D eigenvalue weighted by Gasteiger charge is 2.22. The lowest BCUT2D eigenvalue weighted by Gasteiger charge is -2.33. The van der Waals surface area contributed by atoms with Gasteiger partial charge in [-0.1, -0.05) is 0 Å². The first kappa shape index (κ1) is 15.3. The normalized spacial score (nSPS) is 15.7. The maximum absolute atomic E-state index is 13.9. The van der Waals surface area contributed by atoms with E-state index in [-0.39, 0.29) is 11.7 Å². The highest BCUT2D eigenvalue weighted by Crippen LogP contribution is 2.24. The molecule has 23 heavy (non-hydrogen) atoms. The van der Waals surface area contributed by atoms with Crippen molar-refractivity contribution in [3.8, 4) is 0 Å². The van der Waals surface area contributed by atoms with Crippen LogP contribution in [0.15, 0.2) is 30.6 Å². The van der Waals surface area contributed by atoms with E-state index in [9.17, 15) is 14.5 Å². The molecular formula is C15H18FN5O2. The number of nitrogens with one attached hydrogen (secondary N) is 1. The topological polar surface area (TPSA) is 76.2 Å². The molecule has 1 fully saturated rings. The van der Waals surface area contributed by atoms with Crippen molar-refractivity contribution in [2.75, 3.05) is 23.3 Å². The summed E-state index contributed by atoms with van der Waals surface area (Å²) in [5, 5.41) is 13.8. The van der Waals surface area contributed by atoms with E-state index in [4.69, 9.17) is 0 Å². The smallest absolute Gasteiger partial charge is 0.272 e. The molecule has 0 spiro atoms. The molecule has 1 N–H and O–H groups in total. The first-order chi connectivity index (χ1) is 11.0. The van der Waals surface area contributed by atoms with E-state index >= 15 is 0 Å². The average molecular weight is 319 g/mol. The van der Waals surface area contributed by atoms with E-state index in [1.807, 2.05) is 17.8 Å². The fourth-order valence-corrected chi connectivity index (χ4v) is 2.84. The molecule has 1 saturated heterocycles. The Bertz CT molecular complexity index is 710. The number of nitrogens with zero attached hydrogens (tertiary/aromatic N) is 4. The average Bonchev–Trinajstić information content (AvgIpc) is 2.96. The monoisotopic (exact) mass is 319 g/mol. The third kappa shape index (κ3) is 3.25. The maximum Gasteiger partial charge on any atom is 0.272 e. The lowest BCUT2D eigenvalue weighted by Crippen LogP contribution is -2.40. The fourth-order valence-electron chi connectivity index (χ4n) is 2.84. The van der Waals surface area contributed by atoms with Crippen LogP contribution in [-0.2, 0) is 7.05 Å². The molecule has 7 nitrogen and oxygen atoms in total. The molecule has 1 aromatic carbocycles. The summed E-state index contributed by atoms with van der Waals surface area (Å²) in [5.41, 5.74) is 0.0729. The van der Waals surface area contributed by atoms with Crippen molar-refractivity contribution in [3.05, 3.63) is 46.5 Å². The number of aromatic nitrogens is 2.